The second kappa shape index (κ2) is 10.2. The Balaban J connectivity index is 1.42. The number of carbonyl (C=O) groups is 1. The fourth-order valence-electron chi connectivity index (χ4n) is 7.80. The molecule has 3 heteroatoms. The molecular formula is C26H46N2O. The highest BCUT2D eigenvalue weighted by Crippen LogP contribution is 2.48. The Morgan fingerprint density at radius 2 is 1.66 bits per heavy atom. The fraction of sp³-hybridized carbons (Fsp3) is 0.962. The van der Waals surface area contributed by atoms with Gasteiger partial charge in [-0.05, 0) is 74.5 Å². The Kier molecular flexibility index (Phi) is 7.59. The van der Waals surface area contributed by atoms with Gasteiger partial charge in [0, 0.05) is 25.0 Å². The summed E-state index contributed by atoms with van der Waals surface area (Å²) in [5.74, 6) is 4.30. The number of likely N-dealkylation sites (tertiary alicyclic amines) is 1. The summed E-state index contributed by atoms with van der Waals surface area (Å²) in [6.07, 6.45) is 21.7. The van der Waals surface area contributed by atoms with Gasteiger partial charge in [-0.15, -0.1) is 0 Å². The van der Waals surface area contributed by atoms with Crippen molar-refractivity contribution in [2.45, 2.75) is 122 Å². The number of amides is 1. The van der Waals surface area contributed by atoms with E-state index in [1.165, 1.54) is 96.4 Å². The Hall–Kier alpha value is -0.570. The van der Waals surface area contributed by atoms with Crippen molar-refractivity contribution in [2.75, 3.05) is 6.54 Å². The van der Waals surface area contributed by atoms with E-state index in [0.29, 0.717) is 6.42 Å². The van der Waals surface area contributed by atoms with Crippen LogP contribution in [-0.4, -0.2) is 29.4 Å². The van der Waals surface area contributed by atoms with Gasteiger partial charge in [0.1, 0.15) is 0 Å². The van der Waals surface area contributed by atoms with E-state index < -0.39 is 0 Å². The molecular weight excluding hydrogens is 356 g/mol. The van der Waals surface area contributed by atoms with Crippen molar-refractivity contribution in [1.29, 1.82) is 0 Å². The number of nitrogens with zero attached hydrogens (tertiary/aromatic N) is 1. The molecule has 0 aromatic rings. The average molecular weight is 403 g/mol. The van der Waals surface area contributed by atoms with E-state index in [1.807, 2.05) is 0 Å². The van der Waals surface area contributed by atoms with Crippen LogP contribution in [0.3, 0.4) is 0 Å². The van der Waals surface area contributed by atoms with Crippen molar-refractivity contribution >= 4 is 5.91 Å². The van der Waals surface area contributed by atoms with E-state index in [2.05, 4.69) is 11.8 Å². The molecule has 3 saturated carbocycles. The number of nitrogens with two attached hydrogens (primary N) is 1. The van der Waals surface area contributed by atoms with Crippen LogP contribution in [0.15, 0.2) is 0 Å². The van der Waals surface area contributed by atoms with Gasteiger partial charge in [-0.25, -0.2) is 0 Å². The first-order valence-electron chi connectivity index (χ1n) is 13.2. The molecule has 0 aromatic heterocycles. The Morgan fingerprint density at radius 1 is 0.966 bits per heavy atom. The van der Waals surface area contributed by atoms with Crippen molar-refractivity contribution in [1.82, 2.24) is 4.90 Å². The predicted octanol–water partition coefficient (Wildman–Crippen LogP) is 5.91. The van der Waals surface area contributed by atoms with Crippen molar-refractivity contribution in [3.05, 3.63) is 0 Å². The zero-order valence-electron chi connectivity index (χ0n) is 19.0. The first kappa shape index (κ1) is 21.7. The largest absolute Gasteiger partial charge is 0.370 e. The molecule has 1 aliphatic heterocycles. The molecule has 4 aliphatic rings. The smallest absolute Gasteiger partial charge is 0.217 e. The molecule has 166 valence electrons. The molecule has 3 aliphatic carbocycles. The van der Waals surface area contributed by atoms with E-state index in [9.17, 15) is 4.79 Å². The monoisotopic (exact) mass is 402 g/mol. The van der Waals surface area contributed by atoms with Crippen LogP contribution in [0.25, 0.3) is 0 Å². The molecule has 4 rings (SSSR count). The molecule has 3 nitrogen and oxygen atoms in total. The van der Waals surface area contributed by atoms with Gasteiger partial charge in [0.15, 0.2) is 0 Å². The standard InChI is InChI=1S/C26H46N2O/c1-19(21-8-4-2-5-9-21)16-22-18-28(23-10-6-3-7-11-23)25-14-12-20(17-24(22)25)13-15-26(27)29/h19-25H,2-18H2,1H3,(H2,27,29)/t19?,20?,22-,24?,25?/m1/s1. The van der Waals surface area contributed by atoms with Crippen LogP contribution < -0.4 is 5.73 Å². The molecule has 0 radical (unpaired) electrons. The molecule has 2 N–H and O–H groups in total. The summed E-state index contributed by atoms with van der Waals surface area (Å²) in [6.45, 7) is 3.95. The quantitative estimate of drug-likeness (QED) is 0.575. The highest BCUT2D eigenvalue weighted by atomic mass is 16.1. The van der Waals surface area contributed by atoms with Crippen molar-refractivity contribution in [3.8, 4) is 0 Å². The zero-order chi connectivity index (χ0) is 20.2. The number of primary amides is 1. The predicted molar refractivity (Wildman–Crippen MR) is 120 cm³/mol. The topological polar surface area (TPSA) is 46.3 Å². The fourth-order valence-corrected chi connectivity index (χ4v) is 7.80. The summed E-state index contributed by atoms with van der Waals surface area (Å²) < 4.78 is 0. The zero-order valence-corrected chi connectivity index (χ0v) is 19.0. The third-order valence-corrected chi connectivity index (χ3v) is 9.42. The maximum atomic E-state index is 11.3. The van der Waals surface area contributed by atoms with E-state index in [0.717, 1.165) is 48.1 Å². The van der Waals surface area contributed by atoms with E-state index in [-0.39, 0.29) is 5.91 Å². The minimum atomic E-state index is -0.107. The number of fused-ring (bicyclic) bond motifs is 1. The normalized spacial score (nSPS) is 36.0. The van der Waals surface area contributed by atoms with Gasteiger partial charge < -0.3 is 5.73 Å². The van der Waals surface area contributed by atoms with Crippen LogP contribution in [0.2, 0.25) is 0 Å². The van der Waals surface area contributed by atoms with Gasteiger partial charge in [-0.1, -0.05) is 58.3 Å². The lowest BCUT2D eigenvalue weighted by molar-refractivity contribution is -0.118. The molecule has 0 aromatic carbocycles. The van der Waals surface area contributed by atoms with E-state index in [4.69, 9.17) is 5.73 Å². The van der Waals surface area contributed by atoms with Crippen LogP contribution >= 0.6 is 0 Å². The maximum Gasteiger partial charge on any atom is 0.217 e. The molecule has 1 heterocycles. The summed E-state index contributed by atoms with van der Waals surface area (Å²) in [5, 5.41) is 0. The summed E-state index contributed by atoms with van der Waals surface area (Å²) in [5.41, 5.74) is 5.46. The third kappa shape index (κ3) is 5.38. The van der Waals surface area contributed by atoms with Gasteiger partial charge in [-0.2, -0.15) is 0 Å². The second-order valence-electron chi connectivity index (χ2n) is 11.3. The lowest BCUT2D eigenvalue weighted by atomic mass is 9.69. The minimum absolute atomic E-state index is 0.107. The van der Waals surface area contributed by atoms with Crippen molar-refractivity contribution < 1.29 is 4.79 Å². The average Bonchev–Trinajstić information content (AvgIpc) is 3.11. The van der Waals surface area contributed by atoms with Gasteiger partial charge in [0.2, 0.25) is 5.91 Å². The highest BCUT2D eigenvalue weighted by Gasteiger charge is 2.47. The van der Waals surface area contributed by atoms with Gasteiger partial charge in [0.25, 0.3) is 0 Å². The number of hydrogen-bond donors (Lipinski definition) is 1. The molecule has 4 unspecified atom stereocenters. The second-order valence-corrected chi connectivity index (χ2v) is 11.3. The van der Waals surface area contributed by atoms with Crippen LogP contribution in [-0.2, 0) is 4.79 Å². The lowest BCUT2D eigenvalue weighted by Gasteiger charge is -2.41. The summed E-state index contributed by atoms with van der Waals surface area (Å²) in [6, 6.07) is 1.71. The van der Waals surface area contributed by atoms with Crippen LogP contribution in [0.5, 0.6) is 0 Å². The van der Waals surface area contributed by atoms with Crippen molar-refractivity contribution in [3.63, 3.8) is 0 Å². The molecule has 29 heavy (non-hydrogen) atoms. The first-order chi connectivity index (χ1) is 14.1. The summed E-state index contributed by atoms with van der Waals surface area (Å²) >= 11 is 0. The Labute approximate surface area is 179 Å². The summed E-state index contributed by atoms with van der Waals surface area (Å²) in [4.78, 5) is 14.3. The van der Waals surface area contributed by atoms with Crippen molar-refractivity contribution in [2.24, 2.45) is 35.3 Å². The Morgan fingerprint density at radius 3 is 2.34 bits per heavy atom. The molecule has 1 amide bonds. The van der Waals surface area contributed by atoms with Crippen LogP contribution in [0.4, 0.5) is 0 Å². The molecule has 4 fully saturated rings. The molecule has 0 spiro atoms. The highest BCUT2D eigenvalue weighted by molar-refractivity contribution is 5.73. The SMILES string of the molecule is CC(C[C@@H]1CN(C2CCCCC2)C2CCC(CCC(N)=O)CC21)C1CCCCC1. The molecule has 0 bridgehead atoms. The molecule has 1 saturated heterocycles. The van der Waals surface area contributed by atoms with Gasteiger partial charge in [0.05, 0.1) is 0 Å². The van der Waals surface area contributed by atoms with Crippen LogP contribution in [0, 0.1) is 29.6 Å². The number of carbonyl (C=O) groups excluding carboxylic acids is 1. The van der Waals surface area contributed by atoms with E-state index >= 15 is 0 Å². The molecule has 5 atom stereocenters. The van der Waals surface area contributed by atoms with Gasteiger partial charge in [-0.3, -0.25) is 9.69 Å². The Bertz CT molecular complexity index is 523. The van der Waals surface area contributed by atoms with Crippen LogP contribution in [0.1, 0.15) is 110 Å². The van der Waals surface area contributed by atoms with Gasteiger partial charge >= 0.3 is 0 Å². The number of hydrogen-bond acceptors (Lipinski definition) is 2. The third-order valence-electron chi connectivity index (χ3n) is 9.42. The summed E-state index contributed by atoms with van der Waals surface area (Å²) in [7, 11) is 0. The minimum Gasteiger partial charge on any atom is -0.370 e. The number of rotatable bonds is 7. The first-order valence-corrected chi connectivity index (χ1v) is 13.2. The lowest BCUT2D eigenvalue weighted by Crippen LogP contribution is -2.44. The van der Waals surface area contributed by atoms with E-state index in [1.54, 1.807) is 0 Å². The maximum absolute atomic E-state index is 11.3.